The number of rotatable bonds is 12. The lowest BCUT2D eigenvalue weighted by molar-refractivity contribution is -0.143. The third kappa shape index (κ3) is 8.85. The molecule has 4 heteroatoms. The maximum absolute atomic E-state index is 12.2. The highest BCUT2D eigenvalue weighted by Gasteiger charge is 2.39. The molecule has 1 fully saturated rings. The Morgan fingerprint density at radius 3 is 2.58 bits per heavy atom. The van der Waals surface area contributed by atoms with E-state index in [-0.39, 0.29) is 30.0 Å². The average Bonchev–Trinajstić information content (AvgIpc) is 2.87. The molecular formula is C22H36O4. The minimum Gasteiger partial charge on any atom is -0.466 e. The minimum atomic E-state index is -0.598. The van der Waals surface area contributed by atoms with Crippen molar-refractivity contribution in [1.82, 2.24) is 0 Å². The molecule has 0 unspecified atom stereocenters. The molecule has 0 saturated heterocycles. The topological polar surface area (TPSA) is 63.6 Å². The lowest BCUT2D eigenvalue weighted by Crippen LogP contribution is -2.19. The molecule has 0 aliphatic heterocycles. The number of hydrogen-bond acceptors (Lipinski definition) is 4. The summed E-state index contributed by atoms with van der Waals surface area (Å²) >= 11 is 0. The Kier molecular flexibility index (Phi) is 12.1. The number of carbonyl (C=O) groups excluding carboxylic acids is 2. The molecule has 3 atom stereocenters. The molecule has 1 aliphatic carbocycles. The molecule has 1 rings (SSSR count). The molecule has 0 bridgehead atoms. The Labute approximate surface area is 159 Å². The molecule has 0 spiro atoms. The molecule has 0 aromatic carbocycles. The quantitative estimate of drug-likeness (QED) is 0.316. The first-order valence-corrected chi connectivity index (χ1v) is 10.4. The lowest BCUT2D eigenvalue weighted by Gasteiger charge is -2.15. The molecular weight excluding hydrogens is 328 g/mol. The smallest absolute Gasteiger partial charge is 0.305 e. The van der Waals surface area contributed by atoms with Gasteiger partial charge in [0.1, 0.15) is 5.78 Å². The summed E-state index contributed by atoms with van der Waals surface area (Å²) in [6, 6.07) is 0. The van der Waals surface area contributed by atoms with Gasteiger partial charge in [0.25, 0.3) is 0 Å². The van der Waals surface area contributed by atoms with Crippen molar-refractivity contribution in [3.63, 3.8) is 0 Å². The van der Waals surface area contributed by atoms with Crippen LogP contribution >= 0.6 is 0 Å². The Bertz CT molecular complexity index is 474. The van der Waals surface area contributed by atoms with E-state index in [1.807, 2.05) is 6.92 Å². The first kappa shape index (κ1) is 22.7. The van der Waals surface area contributed by atoms with Crippen LogP contribution in [0.3, 0.4) is 0 Å². The van der Waals surface area contributed by atoms with Crippen molar-refractivity contribution in [2.75, 3.05) is 6.61 Å². The molecule has 1 N–H and O–H groups in total. The maximum Gasteiger partial charge on any atom is 0.305 e. The normalized spacial score (nSPS) is 22.1. The van der Waals surface area contributed by atoms with Crippen LogP contribution in [-0.4, -0.2) is 29.6 Å². The lowest BCUT2D eigenvalue weighted by atomic mass is 9.89. The van der Waals surface area contributed by atoms with Crippen LogP contribution in [0.15, 0.2) is 0 Å². The van der Waals surface area contributed by atoms with Crippen molar-refractivity contribution in [2.45, 2.75) is 97.0 Å². The van der Waals surface area contributed by atoms with Crippen LogP contribution in [0.4, 0.5) is 0 Å². The number of aliphatic hydroxyl groups excluding tert-OH is 1. The van der Waals surface area contributed by atoms with Gasteiger partial charge < -0.3 is 9.84 Å². The van der Waals surface area contributed by atoms with Crippen LogP contribution < -0.4 is 0 Å². The number of aliphatic hydroxyl groups is 1. The number of hydrogen-bond donors (Lipinski definition) is 1. The summed E-state index contributed by atoms with van der Waals surface area (Å²) in [6.07, 6.45) is 10.3. The fourth-order valence-corrected chi connectivity index (χ4v) is 3.54. The number of Topliss-reactive ketones (excluding diaryl/α,β-unsaturated/α-hetero) is 1. The van der Waals surface area contributed by atoms with Gasteiger partial charge in [0.15, 0.2) is 0 Å². The molecule has 1 saturated carbocycles. The van der Waals surface area contributed by atoms with Crippen molar-refractivity contribution in [1.29, 1.82) is 0 Å². The van der Waals surface area contributed by atoms with Crippen molar-refractivity contribution < 1.29 is 19.4 Å². The van der Waals surface area contributed by atoms with Crippen LogP contribution in [0.25, 0.3) is 0 Å². The second-order valence-electron chi connectivity index (χ2n) is 7.26. The SMILES string of the molecule is CCCCCCC#C[C@@H]1[C@H](O)CC(=O)[C@@H]1CCCCCCC(=O)OCC. The zero-order valence-electron chi connectivity index (χ0n) is 16.6. The van der Waals surface area contributed by atoms with Crippen LogP contribution in [0.2, 0.25) is 0 Å². The first-order chi connectivity index (χ1) is 12.6. The average molecular weight is 365 g/mol. The molecule has 0 radical (unpaired) electrons. The van der Waals surface area contributed by atoms with Gasteiger partial charge in [0.2, 0.25) is 0 Å². The highest BCUT2D eigenvalue weighted by molar-refractivity contribution is 5.84. The van der Waals surface area contributed by atoms with Gasteiger partial charge in [-0.05, 0) is 26.2 Å². The predicted molar refractivity (Wildman–Crippen MR) is 103 cm³/mol. The van der Waals surface area contributed by atoms with Gasteiger partial charge in [-0.15, -0.1) is 5.92 Å². The van der Waals surface area contributed by atoms with Gasteiger partial charge in [-0.1, -0.05) is 51.4 Å². The zero-order valence-corrected chi connectivity index (χ0v) is 16.6. The van der Waals surface area contributed by atoms with E-state index in [1.54, 1.807) is 0 Å². The van der Waals surface area contributed by atoms with Gasteiger partial charge in [-0.2, -0.15) is 0 Å². The number of unbranched alkanes of at least 4 members (excludes halogenated alkanes) is 7. The summed E-state index contributed by atoms with van der Waals surface area (Å²) in [4.78, 5) is 23.4. The fourth-order valence-electron chi connectivity index (χ4n) is 3.54. The van der Waals surface area contributed by atoms with Gasteiger partial charge in [-0.3, -0.25) is 9.59 Å². The van der Waals surface area contributed by atoms with Crippen molar-refractivity contribution in [3.05, 3.63) is 0 Å². The third-order valence-corrected chi connectivity index (χ3v) is 5.05. The summed E-state index contributed by atoms with van der Waals surface area (Å²) in [5.41, 5.74) is 0. The largest absolute Gasteiger partial charge is 0.466 e. The van der Waals surface area contributed by atoms with E-state index in [0.29, 0.717) is 13.0 Å². The van der Waals surface area contributed by atoms with Crippen LogP contribution in [-0.2, 0) is 14.3 Å². The molecule has 4 nitrogen and oxygen atoms in total. The summed E-state index contributed by atoms with van der Waals surface area (Å²) in [7, 11) is 0. The van der Waals surface area contributed by atoms with Crippen molar-refractivity contribution >= 4 is 11.8 Å². The maximum atomic E-state index is 12.2. The predicted octanol–water partition coefficient (Wildman–Crippen LogP) is 4.43. The van der Waals surface area contributed by atoms with Gasteiger partial charge in [-0.25, -0.2) is 0 Å². The summed E-state index contributed by atoms with van der Waals surface area (Å²) in [6.45, 7) is 4.44. The van der Waals surface area contributed by atoms with E-state index in [0.717, 1.165) is 44.9 Å². The highest BCUT2D eigenvalue weighted by Crippen LogP contribution is 2.33. The zero-order chi connectivity index (χ0) is 19.2. The molecule has 148 valence electrons. The van der Waals surface area contributed by atoms with Gasteiger partial charge in [0, 0.05) is 25.2 Å². The molecule has 0 amide bonds. The summed E-state index contributed by atoms with van der Waals surface area (Å²) in [5, 5.41) is 10.1. The standard InChI is InChI=1S/C22H36O4/c1-3-5-6-7-8-11-14-18-19(21(24)17-20(18)23)15-12-9-10-13-16-22(25)26-4-2/h18-20,23H,3-10,12-13,15-17H2,1-2H3/t18-,19+,20+/m0/s1. The fraction of sp³-hybridized carbons (Fsp3) is 0.818. The van der Waals surface area contributed by atoms with E-state index in [1.165, 1.54) is 19.3 Å². The Morgan fingerprint density at radius 1 is 1.12 bits per heavy atom. The summed E-state index contributed by atoms with van der Waals surface area (Å²) in [5.74, 6) is 6.11. The van der Waals surface area contributed by atoms with E-state index >= 15 is 0 Å². The van der Waals surface area contributed by atoms with E-state index < -0.39 is 6.10 Å². The number of esters is 1. The molecule has 26 heavy (non-hydrogen) atoms. The van der Waals surface area contributed by atoms with E-state index in [9.17, 15) is 14.7 Å². The molecule has 0 aromatic rings. The minimum absolute atomic E-state index is 0.113. The summed E-state index contributed by atoms with van der Waals surface area (Å²) < 4.78 is 4.91. The van der Waals surface area contributed by atoms with Crippen molar-refractivity contribution in [3.8, 4) is 11.8 Å². The van der Waals surface area contributed by atoms with Crippen molar-refractivity contribution in [2.24, 2.45) is 11.8 Å². The van der Waals surface area contributed by atoms with Crippen LogP contribution in [0, 0.1) is 23.7 Å². The van der Waals surface area contributed by atoms with Crippen LogP contribution in [0.5, 0.6) is 0 Å². The Hall–Kier alpha value is -1.34. The number of ketones is 1. The Balaban J connectivity index is 2.28. The van der Waals surface area contributed by atoms with Gasteiger partial charge in [0.05, 0.1) is 18.6 Å². The number of carbonyl (C=O) groups is 2. The first-order valence-electron chi connectivity index (χ1n) is 10.4. The van der Waals surface area contributed by atoms with Crippen LogP contribution in [0.1, 0.15) is 90.9 Å². The van der Waals surface area contributed by atoms with E-state index in [4.69, 9.17) is 4.74 Å². The van der Waals surface area contributed by atoms with E-state index in [2.05, 4.69) is 18.8 Å². The highest BCUT2D eigenvalue weighted by atomic mass is 16.5. The molecule has 0 aromatic heterocycles. The number of ether oxygens (including phenoxy) is 1. The molecule has 0 heterocycles. The Morgan fingerprint density at radius 2 is 1.85 bits per heavy atom. The molecule has 1 aliphatic rings. The monoisotopic (exact) mass is 364 g/mol. The second kappa shape index (κ2) is 13.8. The second-order valence-corrected chi connectivity index (χ2v) is 7.26. The van der Waals surface area contributed by atoms with Gasteiger partial charge >= 0.3 is 5.97 Å². The third-order valence-electron chi connectivity index (χ3n) is 5.05.